The van der Waals surface area contributed by atoms with Crippen molar-refractivity contribution in [2.45, 2.75) is 38.0 Å². The van der Waals surface area contributed by atoms with E-state index in [1.807, 2.05) is 0 Å². The number of nitrogens with two attached hydrogens (primary N) is 1. The third-order valence-corrected chi connectivity index (χ3v) is 2.56. The normalized spacial score (nSPS) is 37.2. The molecule has 2 unspecified atom stereocenters. The Hall–Kier alpha value is -0.120. The van der Waals surface area contributed by atoms with Crippen LogP contribution in [-0.2, 0) is 4.74 Å². The lowest BCUT2D eigenvalue weighted by Gasteiger charge is -2.36. The summed E-state index contributed by atoms with van der Waals surface area (Å²) in [6, 6.07) is 0.641. The minimum absolute atomic E-state index is 0.265. The monoisotopic (exact) mass is 172 g/mol. The SMILES string of the molecule is CC1CC(N(C)C)C[C@H](CN)O1. The first-order valence-electron chi connectivity index (χ1n) is 4.65. The molecule has 1 fully saturated rings. The Morgan fingerprint density at radius 3 is 2.58 bits per heavy atom. The summed E-state index contributed by atoms with van der Waals surface area (Å²) in [5, 5.41) is 0. The third kappa shape index (κ3) is 2.44. The average molecular weight is 172 g/mol. The quantitative estimate of drug-likeness (QED) is 0.657. The molecule has 1 saturated heterocycles. The molecule has 0 aromatic rings. The van der Waals surface area contributed by atoms with Gasteiger partial charge in [-0.25, -0.2) is 0 Å². The lowest BCUT2D eigenvalue weighted by atomic mass is 9.98. The van der Waals surface area contributed by atoms with Gasteiger partial charge in [-0.3, -0.25) is 0 Å². The van der Waals surface area contributed by atoms with Gasteiger partial charge in [0.2, 0.25) is 0 Å². The molecule has 0 aliphatic carbocycles. The van der Waals surface area contributed by atoms with Crippen molar-refractivity contribution in [3.8, 4) is 0 Å². The number of hydrogen-bond donors (Lipinski definition) is 1. The van der Waals surface area contributed by atoms with Crippen LogP contribution in [0.15, 0.2) is 0 Å². The molecule has 3 atom stereocenters. The highest BCUT2D eigenvalue weighted by Crippen LogP contribution is 2.21. The minimum atomic E-state index is 0.265. The van der Waals surface area contributed by atoms with Gasteiger partial charge in [0.1, 0.15) is 0 Å². The van der Waals surface area contributed by atoms with Crippen molar-refractivity contribution in [2.24, 2.45) is 5.73 Å². The molecular weight excluding hydrogens is 152 g/mol. The number of nitrogens with zero attached hydrogens (tertiary/aromatic N) is 1. The van der Waals surface area contributed by atoms with E-state index in [-0.39, 0.29) is 6.10 Å². The van der Waals surface area contributed by atoms with E-state index in [4.69, 9.17) is 10.5 Å². The van der Waals surface area contributed by atoms with Gasteiger partial charge in [0, 0.05) is 12.6 Å². The van der Waals surface area contributed by atoms with Gasteiger partial charge in [-0.1, -0.05) is 0 Å². The minimum Gasteiger partial charge on any atom is -0.374 e. The Kier molecular flexibility index (Phi) is 3.50. The molecule has 0 spiro atoms. The first-order valence-corrected chi connectivity index (χ1v) is 4.65. The lowest BCUT2D eigenvalue weighted by Crippen LogP contribution is -2.44. The molecule has 72 valence electrons. The maximum absolute atomic E-state index is 5.66. The van der Waals surface area contributed by atoms with Crippen LogP contribution < -0.4 is 5.73 Å². The Bertz CT molecular complexity index is 138. The fourth-order valence-electron chi connectivity index (χ4n) is 1.80. The molecule has 0 radical (unpaired) electrons. The average Bonchev–Trinajstić information content (AvgIpc) is 2.03. The topological polar surface area (TPSA) is 38.5 Å². The molecule has 0 saturated carbocycles. The molecule has 1 rings (SSSR count). The molecule has 0 aromatic heterocycles. The van der Waals surface area contributed by atoms with E-state index in [9.17, 15) is 0 Å². The molecule has 0 aromatic carbocycles. The van der Waals surface area contributed by atoms with Gasteiger partial charge in [-0.15, -0.1) is 0 Å². The highest BCUT2D eigenvalue weighted by molar-refractivity contribution is 4.80. The summed E-state index contributed by atoms with van der Waals surface area (Å²) in [5.74, 6) is 0. The molecule has 3 nitrogen and oxygen atoms in total. The fraction of sp³-hybridized carbons (Fsp3) is 1.00. The maximum Gasteiger partial charge on any atom is 0.0715 e. The highest BCUT2D eigenvalue weighted by atomic mass is 16.5. The zero-order chi connectivity index (χ0) is 9.14. The van der Waals surface area contributed by atoms with Crippen molar-refractivity contribution in [3.63, 3.8) is 0 Å². The predicted molar refractivity (Wildman–Crippen MR) is 50.1 cm³/mol. The lowest BCUT2D eigenvalue weighted by molar-refractivity contribution is -0.0620. The van der Waals surface area contributed by atoms with E-state index in [1.54, 1.807) is 0 Å². The molecule has 12 heavy (non-hydrogen) atoms. The largest absolute Gasteiger partial charge is 0.374 e. The van der Waals surface area contributed by atoms with Crippen LogP contribution in [0, 0.1) is 0 Å². The Balaban J connectivity index is 2.45. The first kappa shape index (κ1) is 9.96. The molecular formula is C9H20N2O. The van der Waals surface area contributed by atoms with Crippen molar-refractivity contribution in [3.05, 3.63) is 0 Å². The number of hydrogen-bond acceptors (Lipinski definition) is 3. The summed E-state index contributed by atoms with van der Waals surface area (Å²) in [4.78, 5) is 2.27. The van der Waals surface area contributed by atoms with Gasteiger partial charge >= 0.3 is 0 Å². The van der Waals surface area contributed by atoms with E-state index in [1.165, 1.54) is 0 Å². The van der Waals surface area contributed by atoms with Gasteiger partial charge in [0.25, 0.3) is 0 Å². The van der Waals surface area contributed by atoms with E-state index in [0.717, 1.165) is 12.8 Å². The summed E-state index contributed by atoms with van der Waals surface area (Å²) in [6.45, 7) is 2.77. The van der Waals surface area contributed by atoms with Crippen molar-refractivity contribution < 1.29 is 4.74 Å². The zero-order valence-corrected chi connectivity index (χ0v) is 8.29. The van der Waals surface area contributed by atoms with E-state index in [2.05, 4.69) is 25.9 Å². The van der Waals surface area contributed by atoms with Gasteiger partial charge in [0.05, 0.1) is 12.2 Å². The number of rotatable bonds is 2. The molecule has 0 bridgehead atoms. The van der Waals surface area contributed by atoms with Crippen LogP contribution in [0.2, 0.25) is 0 Å². The van der Waals surface area contributed by atoms with Crippen LogP contribution in [0.1, 0.15) is 19.8 Å². The standard InChI is InChI=1S/C9H20N2O/c1-7-4-8(11(2)3)5-9(6-10)12-7/h7-9H,4-6,10H2,1-3H3/t7?,8?,9-/m1/s1. The van der Waals surface area contributed by atoms with Gasteiger partial charge in [0.15, 0.2) is 0 Å². The van der Waals surface area contributed by atoms with Gasteiger partial charge < -0.3 is 15.4 Å². The molecule has 2 N–H and O–H groups in total. The van der Waals surface area contributed by atoms with E-state index >= 15 is 0 Å². The highest BCUT2D eigenvalue weighted by Gasteiger charge is 2.27. The first-order chi connectivity index (χ1) is 5.63. The Morgan fingerprint density at radius 2 is 2.08 bits per heavy atom. The van der Waals surface area contributed by atoms with Crippen LogP contribution in [-0.4, -0.2) is 43.8 Å². The van der Waals surface area contributed by atoms with Crippen molar-refractivity contribution in [1.29, 1.82) is 0 Å². The Morgan fingerprint density at radius 1 is 1.42 bits per heavy atom. The van der Waals surface area contributed by atoms with Gasteiger partial charge in [-0.2, -0.15) is 0 Å². The second kappa shape index (κ2) is 4.21. The van der Waals surface area contributed by atoms with Crippen LogP contribution in [0.5, 0.6) is 0 Å². The fourth-order valence-corrected chi connectivity index (χ4v) is 1.80. The molecule has 3 heteroatoms. The van der Waals surface area contributed by atoms with Crippen LogP contribution in [0.4, 0.5) is 0 Å². The summed E-state index contributed by atoms with van der Waals surface area (Å²) in [5.41, 5.74) is 5.58. The van der Waals surface area contributed by atoms with Crippen molar-refractivity contribution >= 4 is 0 Å². The third-order valence-electron chi connectivity index (χ3n) is 2.56. The van der Waals surface area contributed by atoms with E-state index in [0.29, 0.717) is 18.7 Å². The zero-order valence-electron chi connectivity index (χ0n) is 8.29. The molecule has 1 aliphatic heterocycles. The summed E-state index contributed by atoms with van der Waals surface area (Å²) in [6.07, 6.45) is 2.83. The van der Waals surface area contributed by atoms with Crippen molar-refractivity contribution in [2.75, 3.05) is 20.6 Å². The predicted octanol–water partition coefficient (Wildman–Crippen LogP) is 0.443. The molecule has 1 aliphatic rings. The second-order valence-electron chi connectivity index (χ2n) is 3.89. The van der Waals surface area contributed by atoms with E-state index < -0.39 is 0 Å². The Labute approximate surface area is 74.9 Å². The van der Waals surface area contributed by atoms with Crippen LogP contribution in [0.3, 0.4) is 0 Å². The van der Waals surface area contributed by atoms with Crippen LogP contribution >= 0.6 is 0 Å². The van der Waals surface area contributed by atoms with Crippen LogP contribution in [0.25, 0.3) is 0 Å². The maximum atomic E-state index is 5.66. The second-order valence-corrected chi connectivity index (χ2v) is 3.89. The molecule has 1 heterocycles. The number of ether oxygens (including phenoxy) is 1. The summed E-state index contributed by atoms with van der Waals surface area (Å²) in [7, 11) is 4.24. The van der Waals surface area contributed by atoms with Crippen molar-refractivity contribution in [1.82, 2.24) is 4.90 Å². The summed E-state index contributed by atoms with van der Waals surface area (Å²) < 4.78 is 5.66. The summed E-state index contributed by atoms with van der Waals surface area (Å²) >= 11 is 0. The molecule has 0 amide bonds. The smallest absolute Gasteiger partial charge is 0.0715 e. The van der Waals surface area contributed by atoms with Gasteiger partial charge in [-0.05, 0) is 33.9 Å².